The second kappa shape index (κ2) is 4.29. The topological polar surface area (TPSA) is 0 Å². The van der Waals surface area contributed by atoms with Crippen molar-refractivity contribution >= 4 is 11.3 Å². The van der Waals surface area contributed by atoms with Crippen LogP contribution in [0.5, 0.6) is 0 Å². The molecule has 0 amide bonds. The van der Waals surface area contributed by atoms with E-state index in [-0.39, 0.29) is 5.82 Å². The van der Waals surface area contributed by atoms with Crippen LogP contribution in [0.4, 0.5) is 4.39 Å². The fourth-order valence-corrected chi connectivity index (χ4v) is 2.15. The molecule has 1 aromatic carbocycles. The monoisotopic (exact) mass is 216 g/mol. The van der Waals surface area contributed by atoms with Crippen molar-refractivity contribution in [1.29, 1.82) is 0 Å². The number of rotatable bonds is 2. The van der Waals surface area contributed by atoms with Crippen LogP contribution >= 0.6 is 11.3 Å². The molecule has 74 valence electrons. The zero-order chi connectivity index (χ0) is 10.7. The maximum Gasteiger partial charge on any atom is 0.123 e. The van der Waals surface area contributed by atoms with Gasteiger partial charge in [0, 0.05) is 0 Å². The van der Waals surface area contributed by atoms with Gasteiger partial charge in [-0.2, -0.15) is 0 Å². The van der Waals surface area contributed by atoms with Gasteiger partial charge in [-0.15, -0.1) is 17.8 Å². The van der Waals surface area contributed by atoms with Crippen molar-refractivity contribution in [2.75, 3.05) is 0 Å². The Morgan fingerprint density at radius 1 is 1.20 bits per heavy atom. The van der Waals surface area contributed by atoms with Gasteiger partial charge in [0.15, 0.2) is 0 Å². The minimum atomic E-state index is -0.207. The average Bonchev–Trinajstić information content (AvgIpc) is 2.69. The van der Waals surface area contributed by atoms with Crippen molar-refractivity contribution in [2.45, 2.75) is 6.42 Å². The van der Waals surface area contributed by atoms with Gasteiger partial charge < -0.3 is 0 Å². The average molecular weight is 216 g/mol. The summed E-state index contributed by atoms with van der Waals surface area (Å²) in [5, 5.41) is 1.98. The Kier molecular flexibility index (Phi) is 2.84. The molecule has 0 saturated carbocycles. The third kappa shape index (κ3) is 2.26. The lowest BCUT2D eigenvalue weighted by Crippen LogP contribution is -1.88. The largest absolute Gasteiger partial charge is 0.207 e. The molecule has 0 unspecified atom stereocenters. The molecule has 0 saturated heterocycles. The predicted molar refractivity (Wildman–Crippen MR) is 61.5 cm³/mol. The first-order valence-corrected chi connectivity index (χ1v) is 5.45. The Morgan fingerprint density at radius 2 is 1.93 bits per heavy atom. The fourth-order valence-electron chi connectivity index (χ4n) is 1.42. The molecule has 2 rings (SSSR count). The first kappa shape index (κ1) is 9.95. The Balaban J connectivity index is 2.23. The van der Waals surface area contributed by atoms with Crippen molar-refractivity contribution in [1.82, 2.24) is 0 Å². The molecule has 0 N–H and O–H groups in total. The number of terminal acetylenes is 1. The summed E-state index contributed by atoms with van der Waals surface area (Å²) in [6.07, 6.45) is 6.14. The van der Waals surface area contributed by atoms with E-state index in [9.17, 15) is 4.39 Å². The van der Waals surface area contributed by atoms with Crippen molar-refractivity contribution in [3.05, 3.63) is 57.5 Å². The summed E-state index contributed by atoms with van der Waals surface area (Å²) in [5.74, 6) is 2.44. The second-order valence-corrected chi connectivity index (χ2v) is 4.14. The normalized spacial score (nSPS) is 9.87. The van der Waals surface area contributed by atoms with Crippen LogP contribution in [0.2, 0.25) is 0 Å². The number of thiophene rings is 1. The molecule has 0 radical (unpaired) electrons. The van der Waals surface area contributed by atoms with Gasteiger partial charge in [-0.25, -0.2) is 4.39 Å². The van der Waals surface area contributed by atoms with Gasteiger partial charge in [-0.05, 0) is 41.1 Å². The zero-order valence-corrected chi connectivity index (χ0v) is 8.85. The maximum absolute atomic E-state index is 12.7. The molecule has 0 fully saturated rings. The molecular weight excluding hydrogens is 207 g/mol. The van der Waals surface area contributed by atoms with Crippen molar-refractivity contribution in [3.63, 3.8) is 0 Å². The van der Waals surface area contributed by atoms with Crippen LogP contribution < -0.4 is 0 Å². The minimum absolute atomic E-state index is 0.207. The van der Waals surface area contributed by atoms with Crippen LogP contribution in [-0.4, -0.2) is 0 Å². The molecule has 0 bridgehead atoms. The van der Waals surface area contributed by atoms with E-state index in [0.717, 1.165) is 22.4 Å². The van der Waals surface area contributed by atoms with Gasteiger partial charge >= 0.3 is 0 Å². The van der Waals surface area contributed by atoms with E-state index in [4.69, 9.17) is 6.42 Å². The molecule has 15 heavy (non-hydrogen) atoms. The summed E-state index contributed by atoms with van der Waals surface area (Å²) in [5.41, 5.74) is 2.21. The lowest BCUT2D eigenvalue weighted by atomic mass is 10.1. The molecule has 0 aliphatic carbocycles. The second-order valence-electron chi connectivity index (χ2n) is 3.22. The van der Waals surface area contributed by atoms with E-state index in [1.165, 1.54) is 12.1 Å². The van der Waals surface area contributed by atoms with Crippen LogP contribution in [0.15, 0.2) is 35.7 Å². The smallest absolute Gasteiger partial charge is 0.123 e. The lowest BCUT2D eigenvalue weighted by Gasteiger charge is -1.99. The molecule has 0 spiro atoms. The van der Waals surface area contributed by atoms with Crippen molar-refractivity contribution < 1.29 is 4.39 Å². The van der Waals surface area contributed by atoms with Crippen LogP contribution in [0, 0.1) is 18.2 Å². The summed E-state index contributed by atoms with van der Waals surface area (Å²) in [7, 11) is 0. The van der Waals surface area contributed by atoms with E-state index in [1.54, 1.807) is 23.5 Å². The Hall–Kier alpha value is -1.59. The standard InChI is InChI=1S/C13H9FS/c1-2-13-11(7-8-15-13)9-10-3-5-12(14)6-4-10/h1,3-8H,9H2. The number of hydrogen-bond acceptors (Lipinski definition) is 1. The van der Waals surface area contributed by atoms with Crippen LogP contribution in [0.3, 0.4) is 0 Å². The Labute approximate surface area is 92.4 Å². The van der Waals surface area contributed by atoms with Gasteiger partial charge in [0.05, 0.1) is 4.88 Å². The van der Waals surface area contributed by atoms with Crippen molar-refractivity contribution in [3.8, 4) is 12.3 Å². The minimum Gasteiger partial charge on any atom is -0.207 e. The molecule has 1 heterocycles. The summed E-state index contributed by atoms with van der Waals surface area (Å²) < 4.78 is 12.7. The van der Waals surface area contributed by atoms with Gasteiger partial charge in [0.1, 0.15) is 5.82 Å². The quantitative estimate of drug-likeness (QED) is 0.674. The van der Waals surface area contributed by atoms with Crippen LogP contribution in [0.1, 0.15) is 16.0 Å². The lowest BCUT2D eigenvalue weighted by molar-refractivity contribution is 0.627. The van der Waals surface area contributed by atoms with E-state index in [0.29, 0.717) is 0 Å². The number of halogens is 1. The van der Waals surface area contributed by atoms with E-state index >= 15 is 0 Å². The third-order valence-electron chi connectivity index (χ3n) is 2.19. The highest BCUT2D eigenvalue weighted by Gasteiger charge is 2.02. The highest BCUT2D eigenvalue weighted by atomic mass is 32.1. The van der Waals surface area contributed by atoms with Crippen molar-refractivity contribution in [2.24, 2.45) is 0 Å². The van der Waals surface area contributed by atoms with Gasteiger partial charge in [-0.1, -0.05) is 18.1 Å². The van der Waals surface area contributed by atoms with E-state index < -0.39 is 0 Å². The first-order valence-electron chi connectivity index (χ1n) is 4.57. The van der Waals surface area contributed by atoms with E-state index in [1.807, 2.05) is 11.4 Å². The highest BCUT2D eigenvalue weighted by molar-refractivity contribution is 7.10. The van der Waals surface area contributed by atoms with E-state index in [2.05, 4.69) is 5.92 Å². The van der Waals surface area contributed by atoms with Gasteiger partial charge in [0.25, 0.3) is 0 Å². The summed E-state index contributed by atoms with van der Waals surface area (Å²) in [6.45, 7) is 0. The third-order valence-corrected chi connectivity index (χ3v) is 3.07. The fraction of sp³-hybridized carbons (Fsp3) is 0.0769. The molecular formula is C13H9FS. The molecule has 0 nitrogen and oxygen atoms in total. The molecule has 2 heteroatoms. The molecule has 0 atom stereocenters. The molecule has 0 aliphatic rings. The Morgan fingerprint density at radius 3 is 2.60 bits per heavy atom. The summed E-state index contributed by atoms with van der Waals surface area (Å²) in [4.78, 5) is 0.958. The van der Waals surface area contributed by atoms with Crippen LogP contribution in [-0.2, 0) is 6.42 Å². The summed E-state index contributed by atoms with van der Waals surface area (Å²) >= 11 is 1.56. The predicted octanol–water partition coefficient (Wildman–Crippen LogP) is 3.46. The molecule has 0 aliphatic heterocycles. The maximum atomic E-state index is 12.7. The first-order chi connectivity index (χ1) is 7.29. The van der Waals surface area contributed by atoms with Gasteiger partial charge in [-0.3, -0.25) is 0 Å². The zero-order valence-electron chi connectivity index (χ0n) is 8.03. The SMILES string of the molecule is C#Cc1sccc1Cc1ccc(F)cc1. The molecule has 2 aromatic rings. The number of hydrogen-bond donors (Lipinski definition) is 0. The summed E-state index contributed by atoms with van der Waals surface area (Å²) in [6, 6.07) is 8.53. The number of benzene rings is 1. The Bertz CT molecular complexity index is 488. The van der Waals surface area contributed by atoms with Crippen LogP contribution in [0.25, 0.3) is 0 Å². The highest BCUT2D eigenvalue weighted by Crippen LogP contribution is 2.19. The van der Waals surface area contributed by atoms with Gasteiger partial charge in [0.2, 0.25) is 0 Å². The molecule has 1 aromatic heterocycles.